The topological polar surface area (TPSA) is 37.3 Å². The van der Waals surface area contributed by atoms with Crippen LogP contribution >= 0.6 is 0 Å². The summed E-state index contributed by atoms with van der Waals surface area (Å²) >= 11 is 0. The zero-order chi connectivity index (χ0) is 8.53. The average Bonchev–Trinajstić information content (AvgIpc) is 2.07. The first-order chi connectivity index (χ1) is 5.31. The predicted octanol–water partition coefficient (Wildman–Crippen LogP) is 1.76. The number of phenolic OH excluding ortho intramolecular Hbond substituents is 1. The summed E-state index contributed by atoms with van der Waals surface area (Å²) in [6.45, 7) is 3.11. The summed E-state index contributed by atoms with van der Waals surface area (Å²) in [4.78, 5) is 9.06. The molecule has 58 valence electrons. The Morgan fingerprint density at radius 1 is 1.27 bits per heavy atom. The van der Waals surface area contributed by atoms with Crippen molar-refractivity contribution in [3.8, 4) is 5.75 Å². The van der Waals surface area contributed by atoms with Crippen molar-refractivity contribution in [2.75, 3.05) is 0 Å². The second kappa shape index (κ2) is 6.55. The van der Waals surface area contributed by atoms with Gasteiger partial charge in [-0.25, -0.2) is 0 Å². The molecule has 1 aromatic carbocycles. The first-order valence-corrected chi connectivity index (χ1v) is 3.11. The highest BCUT2D eigenvalue weighted by molar-refractivity contribution is 5.63. The van der Waals surface area contributed by atoms with Crippen molar-refractivity contribution in [2.24, 2.45) is 0 Å². The van der Waals surface area contributed by atoms with E-state index >= 15 is 0 Å². The molecule has 0 saturated carbocycles. The molecule has 0 aliphatic carbocycles. The fourth-order valence-electron chi connectivity index (χ4n) is 0.428. The van der Waals surface area contributed by atoms with Gasteiger partial charge in [-0.3, -0.25) is 4.79 Å². The molecule has 2 nitrogen and oxygen atoms in total. The fourth-order valence-corrected chi connectivity index (χ4v) is 0.428. The molecular formula is C9H10O2. The van der Waals surface area contributed by atoms with Crippen LogP contribution in [0.4, 0.5) is 0 Å². The van der Waals surface area contributed by atoms with E-state index in [1.807, 2.05) is 6.07 Å². The van der Waals surface area contributed by atoms with E-state index in [0.29, 0.717) is 12.0 Å². The van der Waals surface area contributed by atoms with Crippen LogP contribution in [0.3, 0.4) is 0 Å². The van der Waals surface area contributed by atoms with Crippen molar-refractivity contribution in [2.45, 2.75) is 0 Å². The summed E-state index contributed by atoms with van der Waals surface area (Å²) in [6, 6.07) is 8.71. The van der Waals surface area contributed by atoms with Gasteiger partial charge in [0.1, 0.15) is 12.0 Å². The van der Waals surface area contributed by atoms with Crippen LogP contribution in [-0.4, -0.2) is 11.4 Å². The highest BCUT2D eigenvalue weighted by atomic mass is 16.3. The van der Waals surface area contributed by atoms with E-state index in [4.69, 9.17) is 9.90 Å². The van der Waals surface area contributed by atoms with Gasteiger partial charge in [0.15, 0.2) is 0 Å². The largest absolute Gasteiger partial charge is 0.508 e. The van der Waals surface area contributed by atoms with Crippen LogP contribution < -0.4 is 0 Å². The lowest BCUT2D eigenvalue weighted by Gasteiger charge is -1.82. The number of rotatable bonds is 1. The average molecular weight is 150 g/mol. The zero-order valence-corrected chi connectivity index (χ0v) is 6.10. The van der Waals surface area contributed by atoms with Gasteiger partial charge in [-0.15, -0.1) is 0 Å². The summed E-state index contributed by atoms with van der Waals surface area (Å²) in [7, 11) is 0. The predicted molar refractivity (Wildman–Crippen MR) is 44.4 cm³/mol. The monoisotopic (exact) mass is 150 g/mol. The van der Waals surface area contributed by atoms with Crippen molar-refractivity contribution in [3.05, 3.63) is 43.0 Å². The van der Waals surface area contributed by atoms with Gasteiger partial charge < -0.3 is 5.11 Å². The first-order valence-electron chi connectivity index (χ1n) is 3.11. The van der Waals surface area contributed by atoms with Crippen molar-refractivity contribution >= 4 is 6.29 Å². The van der Waals surface area contributed by atoms with Crippen LogP contribution in [0.5, 0.6) is 5.75 Å². The SMILES string of the molecule is C=CC=O.Oc1ccccc1. The van der Waals surface area contributed by atoms with Crippen molar-refractivity contribution in [3.63, 3.8) is 0 Å². The number of hydrogen-bond acceptors (Lipinski definition) is 2. The highest BCUT2D eigenvalue weighted by Crippen LogP contribution is 2.02. The van der Waals surface area contributed by atoms with Crippen molar-refractivity contribution < 1.29 is 9.90 Å². The molecule has 0 saturated heterocycles. The van der Waals surface area contributed by atoms with Gasteiger partial charge in [0, 0.05) is 0 Å². The summed E-state index contributed by atoms with van der Waals surface area (Å²) < 4.78 is 0. The molecule has 0 heterocycles. The van der Waals surface area contributed by atoms with Crippen molar-refractivity contribution in [1.82, 2.24) is 0 Å². The number of para-hydroxylation sites is 1. The lowest BCUT2D eigenvalue weighted by molar-refractivity contribution is -0.104. The van der Waals surface area contributed by atoms with Crippen LogP contribution in [0.1, 0.15) is 0 Å². The molecule has 1 rings (SSSR count). The molecule has 0 aromatic heterocycles. The van der Waals surface area contributed by atoms with Crippen LogP contribution in [0, 0.1) is 0 Å². The van der Waals surface area contributed by atoms with Gasteiger partial charge in [-0.05, 0) is 18.2 Å². The zero-order valence-electron chi connectivity index (χ0n) is 6.10. The summed E-state index contributed by atoms with van der Waals surface area (Å²) in [5.41, 5.74) is 0. The molecule has 2 heteroatoms. The van der Waals surface area contributed by atoms with E-state index in [0.717, 1.165) is 0 Å². The molecule has 0 atom stereocenters. The normalized spacial score (nSPS) is 7.27. The minimum Gasteiger partial charge on any atom is -0.508 e. The summed E-state index contributed by atoms with van der Waals surface area (Å²) in [5, 5.41) is 8.63. The van der Waals surface area contributed by atoms with E-state index in [2.05, 4.69) is 6.58 Å². The third-order valence-electron chi connectivity index (χ3n) is 0.852. The molecule has 0 bridgehead atoms. The van der Waals surface area contributed by atoms with Gasteiger partial charge in [0.2, 0.25) is 0 Å². The molecule has 11 heavy (non-hydrogen) atoms. The lowest BCUT2D eigenvalue weighted by Crippen LogP contribution is -1.56. The maximum absolute atomic E-state index is 9.06. The standard InChI is InChI=1S/C6H6O.C3H4O/c7-6-4-2-1-3-5-6;1-2-3-4/h1-5,7H;2-3H,1H2. The number of allylic oxidation sites excluding steroid dienone is 1. The van der Waals surface area contributed by atoms with Crippen LogP contribution in [-0.2, 0) is 4.79 Å². The van der Waals surface area contributed by atoms with E-state index in [-0.39, 0.29) is 0 Å². The van der Waals surface area contributed by atoms with E-state index in [1.165, 1.54) is 6.08 Å². The molecule has 1 N–H and O–H groups in total. The molecular weight excluding hydrogens is 140 g/mol. The Kier molecular flexibility index (Phi) is 5.61. The summed E-state index contributed by atoms with van der Waals surface area (Å²) in [5.74, 6) is 0.322. The Morgan fingerprint density at radius 2 is 1.73 bits per heavy atom. The number of carbonyl (C=O) groups excluding carboxylic acids is 1. The van der Waals surface area contributed by atoms with Crippen LogP contribution in [0.25, 0.3) is 0 Å². The van der Waals surface area contributed by atoms with Crippen LogP contribution in [0.15, 0.2) is 43.0 Å². The quantitative estimate of drug-likeness (QED) is 0.489. The number of benzene rings is 1. The number of aromatic hydroxyl groups is 1. The Balaban J connectivity index is 0.000000218. The smallest absolute Gasteiger partial charge is 0.142 e. The van der Waals surface area contributed by atoms with Gasteiger partial charge in [-0.2, -0.15) is 0 Å². The minimum absolute atomic E-state index is 0.322. The summed E-state index contributed by atoms with van der Waals surface area (Å²) in [6.07, 6.45) is 1.83. The Hall–Kier alpha value is -1.57. The number of aldehydes is 1. The molecule has 0 aliphatic heterocycles. The fraction of sp³-hybridized carbons (Fsp3) is 0. The Morgan fingerprint density at radius 3 is 1.91 bits per heavy atom. The molecule has 0 aliphatic rings. The van der Waals surface area contributed by atoms with E-state index in [1.54, 1.807) is 24.3 Å². The molecule has 0 unspecified atom stereocenters. The molecule has 0 amide bonds. The Bertz CT molecular complexity index is 198. The third-order valence-corrected chi connectivity index (χ3v) is 0.852. The van der Waals surface area contributed by atoms with Gasteiger partial charge >= 0.3 is 0 Å². The van der Waals surface area contributed by atoms with Gasteiger partial charge in [-0.1, -0.05) is 24.8 Å². The van der Waals surface area contributed by atoms with Crippen molar-refractivity contribution in [1.29, 1.82) is 0 Å². The molecule has 1 aromatic rings. The van der Waals surface area contributed by atoms with Gasteiger partial charge in [0.25, 0.3) is 0 Å². The molecule has 0 spiro atoms. The number of phenols is 1. The van der Waals surface area contributed by atoms with E-state index in [9.17, 15) is 0 Å². The Labute approximate surface area is 65.8 Å². The maximum Gasteiger partial charge on any atom is 0.142 e. The van der Waals surface area contributed by atoms with Crippen LogP contribution in [0.2, 0.25) is 0 Å². The second-order valence-corrected chi connectivity index (χ2v) is 1.71. The second-order valence-electron chi connectivity index (χ2n) is 1.71. The first kappa shape index (κ1) is 9.43. The molecule has 0 radical (unpaired) electrons. The molecule has 0 fully saturated rings. The third kappa shape index (κ3) is 6.31. The maximum atomic E-state index is 9.06. The number of carbonyl (C=O) groups is 1. The van der Waals surface area contributed by atoms with E-state index < -0.39 is 0 Å². The lowest BCUT2D eigenvalue weighted by atomic mass is 10.3. The highest BCUT2D eigenvalue weighted by Gasteiger charge is 1.74. The number of hydrogen-bond donors (Lipinski definition) is 1. The van der Waals surface area contributed by atoms with Gasteiger partial charge in [0.05, 0.1) is 0 Å². The minimum atomic E-state index is 0.322.